The molecule has 0 bridgehead atoms. The number of hydrogen-bond acceptors (Lipinski definition) is 5. The van der Waals surface area contributed by atoms with Gasteiger partial charge < -0.3 is 15.1 Å². The Bertz CT molecular complexity index is 710. The maximum absolute atomic E-state index is 12.0. The number of carbonyl (C=O) groups excluding carboxylic acids is 1. The first kappa shape index (κ1) is 18.7. The summed E-state index contributed by atoms with van der Waals surface area (Å²) in [4.78, 5) is 22.3. The van der Waals surface area contributed by atoms with Gasteiger partial charge in [0.2, 0.25) is 5.91 Å². The van der Waals surface area contributed by atoms with Gasteiger partial charge in [-0.15, -0.1) is 11.8 Å². The zero-order valence-corrected chi connectivity index (χ0v) is 16.3. The monoisotopic (exact) mass is 370 g/mol. The van der Waals surface area contributed by atoms with E-state index < -0.39 is 0 Å². The second kappa shape index (κ2) is 9.05. The third kappa shape index (κ3) is 5.47. The summed E-state index contributed by atoms with van der Waals surface area (Å²) in [7, 11) is 2.15. The van der Waals surface area contributed by atoms with Gasteiger partial charge in [0.15, 0.2) is 0 Å². The van der Waals surface area contributed by atoms with E-state index in [1.165, 1.54) is 5.56 Å². The normalized spacial score (nSPS) is 15.1. The number of benzene rings is 1. The summed E-state index contributed by atoms with van der Waals surface area (Å²) in [6, 6.07) is 12.3. The van der Waals surface area contributed by atoms with Crippen LogP contribution in [0.2, 0.25) is 0 Å². The fourth-order valence-electron chi connectivity index (χ4n) is 2.78. The molecule has 1 aromatic carbocycles. The lowest BCUT2D eigenvalue weighted by atomic mass is 10.2. The first-order chi connectivity index (χ1) is 12.6. The van der Waals surface area contributed by atoms with Crippen LogP contribution in [-0.2, 0) is 11.3 Å². The van der Waals surface area contributed by atoms with Crippen molar-refractivity contribution < 1.29 is 4.79 Å². The summed E-state index contributed by atoms with van der Waals surface area (Å²) in [5.41, 5.74) is 2.25. The van der Waals surface area contributed by atoms with Gasteiger partial charge in [0.25, 0.3) is 0 Å². The highest BCUT2D eigenvalue weighted by Gasteiger charge is 2.15. The lowest BCUT2D eigenvalue weighted by Crippen LogP contribution is -2.44. The zero-order chi connectivity index (χ0) is 18.4. The molecule has 3 rings (SSSR count). The molecule has 1 amide bonds. The molecule has 0 saturated carbocycles. The van der Waals surface area contributed by atoms with Gasteiger partial charge in [-0.1, -0.05) is 23.8 Å². The van der Waals surface area contributed by atoms with Crippen molar-refractivity contribution in [2.75, 3.05) is 43.9 Å². The number of piperazine rings is 1. The molecule has 1 fully saturated rings. The van der Waals surface area contributed by atoms with Gasteiger partial charge in [0.05, 0.1) is 5.75 Å². The molecule has 0 unspecified atom stereocenters. The Balaban J connectivity index is 1.42. The van der Waals surface area contributed by atoms with Crippen molar-refractivity contribution in [2.45, 2.75) is 18.4 Å². The number of aryl methyl sites for hydroxylation is 1. The van der Waals surface area contributed by atoms with Crippen molar-refractivity contribution in [1.29, 1.82) is 0 Å². The van der Waals surface area contributed by atoms with E-state index in [1.807, 2.05) is 30.5 Å². The molecule has 1 saturated heterocycles. The summed E-state index contributed by atoms with van der Waals surface area (Å²) in [5, 5.41) is 2.97. The first-order valence-electron chi connectivity index (χ1n) is 8.95. The van der Waals surface area contributed by atoms with Gasteiger partial charge >= 0.3 is 0 Å². The van der Waals surface area contributed by atoms with Crippen LogP contribution in [-0.4, -0.2) is 54.8 Å². The number of carbonyl (C=O) groups is 1. The van der Waals surface area contributed by atoms with Gasteiger partial charge in [-0.2, -0.15) is 0 Å². The van der Waals surface area contributed by atoms with Crippen molar-refractivity contribution in [1.82, 2.24) is 15.2 Å². The van der Waals surface area contributed by atoms with E-state index in [9.17, 15) is 4.79 Å². The molecule has 138 valence electrons. The predicted octanol–water partition coefficient (Wildman–Crippen LogP) is 2.55. The Kier molecular flexibility index (Phi) is 6.52. The number of nitrogens with zero attached hydrogens (tertiary/aromatic N) is 3. The quantitative estimate of drug-likeness (QED) is 0.792. The Morgan fingerprint density at radius 1 is 1.12 bits per heavy atom. The first-order valence-corrected chi connectivity index (χ1v) is 9.93. The van der Waals surface area contributed by atoms with Gasteiger partial charge in [0, 0.05) is 43.8 Å². The van der Waals surface area contributed by atoms with Crippen LogP contribution >= 0.6 is 11.8 Å². The molecule has 1 N–H and O–H groups in total. The average molecular weight is 371 g/mol. The van der Waals surface area contributed by atoms with E-state index in [-0.39, 0.29) is 5.91 Å². The van der Waals surface area contributed by atoms with Crippen LogP contribution in [0.15, 0.2) is 47.5 Å². The standard InChI is InChI=1S/C20H26N4OS/c1-16-3-6-18(7-4-16)26-15-20(25)22-14-17-5-8-19(21-13-17)24-11-9-23(2)10-12-24/h3-8,13H,9-12,14-15H2,1-2H3,(H,22,25). The molecule has 2 heterocycles. The average Bonchev–Trinajstić information content (AvgIpc) is 2.67. The highest BCUT2D eigenvalue weighted by atomic mass is 32.2. The Morgan fingerprint density at radius 3 is 2.50 bits per heavy atom. The fraction of sp³-hybridized carbons (Fsp3) is 0.400. The smallest absolute Gasteiger partial charge is 0.230 e. The van der Waals surface area contributed by atoms with Gasteiger partial charge in [-0.05, 0) is 37.7 Å². The van der Waals surface area contributed by atoms with Crippen molar-refractivity contribution >= 4 is 23.5 Å². The highest BCUT2D eigenvalue weighted by Crippen LogP contribution is 2.18. The fourth-order valence-corrected chi connectivity index (χ4v) is 3.51. The third-order valence-corrected chi connectivity index (χ3v) is 5.53. The lowest BCUT2D eigenvalue weighted by molar-refractivity contribution is -0.118. The highest BCUT2D eigenvalue weighted by molar-refractivity contribution is 8.00. The minimum absolute atomic E-state index is 0.0405. The van der Waals surface area contributed by atoms with Crippen LogP contribution < -0.4 is 10.2 Å². The molecule has 6 heteroatoms. The molecule has 0 atom stereocenters. The maximum Gasteiger partial charge on any atom is 0.230 e. The largest absolute Gasteiger partial charge is 0.354 e. The molecule has 1 aliphatic heterocycles. The van der Waals surface area contributed by atoms with Crippen molar-refractivity contribution in [2.24, 2.45) is 0 Å². The number of likely N-dealkylation sites (N-methyl/N-ethyl adjacent to an activating group) is 1. The number of hydrogen-bond donors (Lipinski definition) is 1. The zero-order valence-electron chi connectivity index (χ0n) is 15.4. The van der Waals surface area contributed by atoms with E-state index in [0.717, 1.165) is 42.5 Å². The number of aromatic nitrogens is 1. The van der Waals surface area contributed by atoms with E-state index in [2.05, 4.69) is 46.2 Å². The van der Waals surface area contributed by atoms with Gasteiger partial charge in [-0.3, -0.25) is 4.79 Å². The van der Waals surface area contributed by atoms with Crippen LogP contribution in [0.3, 0.4) is 0 Å². The van der Waals surface area contributed by atoms with Crippen molar-refractivity contribution in [3.05, 3.63) is 53.7 Å². The Labute approximate surface area is 159 Å². The van der Waals surface area contributed by atoms with Crippen LogP contribution in [0.4, 0.5) is 5.82 Å². The minimum Gasteiger partial charge on any atom is -0.354 e. The van der Waals surface area contributed by atoms with Crippen LogP contribution in [0.25, 0.3) is 0 Å². The summed E-state index contributed by atoms with van der Waals surface area (Å²) in [6.45, 7) is 6.73. The molecule has 0 radical (unpaired) electrons. The molecule has 1 aliphatic rings. The Morgan fingerprint density at radius 2 is 1.85 bits per heavy atom. The van der Waals surface area contributed by atoms with Crippen LogP contribution in [0, 0.1) is 6.92 Å². The maximum atomic E-state index is 12.0. The third-order valence-electron chi connectivity index (χ3n) is 4.52. The number of amides is 1. The molecular weight excluding hydrogens is 344 g/mol. The van der Waals surface area contributed by atoms with Gasteiger partial charge in [-0.25, -0.2) is 4.98 Å². The summed E-state index contributed by atoms with van der Waals surface area (Å²) in [5.74, 6) is 1.48. The molecule has 26 heavy (non-hydrogen) atoms. The number of rotatable bonds is 6. The molecule has 1 aromatic heterocycles. The second-order valence-electron chi connectivity index (χ2n) is 6.69. The predicted molar refractivity (Wildman–Crippen MR) is 108 cm³/mol. The topological polar surface area (TPSA) is 48.5 Å². The number of pyridine rings is 1. The van der Waals surface area contributed by atoms with Crippen LogP contribution in [0.5, 0.6) is 0 Å². The number of thioether (sulfide) groups is 1. The minimum atomic E-state index is 0.0405. The summed E-state index contributed by atoms with van der Waals surface area (Å²) in [6.07, 6.45) is 1.86. The molecule has 0 spiro atoms. The Hall–Kier alpha value is -2.05. The SMILES string of the molecule is Cc1ccc(SCC(=O)NCc2ccc(N3CCN(C)CC3)nc2)cc1. The molecule has 5 nitrogen and oxygen atoms in total. The molecular formula is C20H26N4OS. The lowest BCUT2D eigenvalue weighted by Gasteiger charge is -2.33. The molecule has 0 aliphatic carbocycles. The van der Waals surface area contributed by atoms with Gasteiger partial charge in [0.1, 0.15) is 5.82 Å². The summed E-state index contributed by atoms with van der Waals surface area (Å²) < 4.78 is 0. The number of anilines is 1. The van der Waals surface area contributed by atoms with E-state index in [4.69, 9.17) is 0 Å². The summed E-state index contributed by atoms with van der Waals surface area (Å²) >= 11 is 1.56. The molecule has 2 aromatic rings. The van der Waals surface area contributed by atoms with E-state index >= 15 is 0 Å². The van der Waals surface area contributed by atoms with Crippen molar-refractivity contribution in [3.63, 3.8) is 0 Å². The second-order valence-corrected chi connectivity index (χ2v) is 7.74. The number of nitrogens with one attached hydrogen (secondary N) is 1. The van der Waals surface area contributed by atoms with E-state index in [1.54, 1.807) is 11.8 Å². The van der Waals surface area contributed by atoms with Crippen LogP contribution in [0.1, 0.15) is 11.1 Å². The van der Waals surface area contributed by atoms with Crippen molar-refractivity contribution in [3.8, 4) is 0 Å². The van der Waals surface area contributed by atoms with E-state index in [0.29, 0.717) is 12.3 Å².